The van der Waals surface area contributed by atoms with Crippen molar-refractivity contribution < 1.29 is 4.74 Å². The predicted octanol–water partition coefficient (Wildman–Crippen LogP) is 1.15. The first-order chi connectivity index (χ1) is 6.86. The van der Waals surface area contributed by atoms with Gasteiger partial charge in [0.25, 0.3) is 0 Å². The Morgan fingerprint density at radius 2 is 2.14 bits per heavy atom. The normalized spacial score (nSPS) is 27.6. The minimum absolute atomic E-state index is 0.103. The molecule has 0 fully saturated rings. The third-order valence-corrected chi connectivity index (χ3v) is 2.99. The summed E-state index contributed by atoms with van der Waals surface area (Å²) < 4.78 is 5.33. The molecule has 0 saturated heterocycles. The predicted molar refractivity (Wildman–Crippen MR) is 54.0 cm³/mol. The van der Waals surface area contributed by atoms with Crippen molar-refractivity contribution >= 4 is 16.6 Å². The van der Waals surface area contributed by atoms with Gasteiger partial charge in [-0.1, -0.05) is 29.8 Å². The lowest BCUT2D eigenvalue weighted by Gasteiger charge is -2.17. The van der Waals surface area contributed by atoms with Crippen LogP contribution in [-0.2, 0) is 4.74 Å². The van der Waals surface area contributed by atoms with Gasteiger partial charge in [-0.3, -0.25) is 0 Å². The summed E-state index contributed by atoms with van der Waals surface area (Å²) >= 11 is 6.27. The van der Waals surface area contributed by atoms with E-state index >= 15 is 0 Å². The van der Waals surface area contributed by atoms with Crippen LogP contribution in [0, 0.1) is 5.92 Å². The summed E-state index contributed by atoms with van der Waals surface area (Å²) in [5, 5.41) is 2.77. The Balaban J connectivity index is 2.36. The van der Waals surface area contributed by atoms with E-state index in [0.717, 1.165) is 15.6 Å². The zero-order chi connectivity index (χ0) is 9.54. The van der Waals surface area contributed by atoms with Gasteiger partial charge >= 0.3 is 0 Å². The largest absolute Gasteiger partial charge is 0.476 e. The van der Waals surface area contributed by atoms with E-state index in [-0.39, 0.29) is 12.1 Å². The number of fused-ring (bicyclic) bond motifs is 2. The fourth-order valence-corrected chi connectivity index (χ4v) is 2.16. The fraction of sp³-hybridized carbons (Fsp3) is 0.182. The summed E-state index contributed by atoms with van der Waals surface area (Å²) in [4.78, 5) is 4.47. The standard InChI is InChI=1S/C11H8ClNO/c12-10-7-3-1-2-4-9(7)13-11-8(10)5-6-14-11/h1-6,8,11H. The van der Waals surface area contributed by atoms with Gasteiger partial charge in [0, 0.05) is 10.3 Å². The van der Waals surface area contributed by atoms with Crippen LogP contribution in [0.5, 0.6) is 0 Å². The molecule has 3 heteroatoms. The van der Waals surface area contributed by atoms with Crippen LogP contribution in [0.2, 0.25) is 0 Å². The first-order valence-corrected chi connectivity index (χ1v) is 4.89. The molecule has 14 heavy (non-hydrogen) atoms. The number of hydrogen-bond donors (Lipinski definition) is 0. The summed E-state index contributed by atoms with van der Waals surface area (Å²) in [5.41, 5.74) is 0. The van der Waals surface area contributed by atoms with Crippen LogP contribution in [0.1, 0.15) is 0 Å². The van der Waals surface area contributed by atoms with E-state index in [1.807, 2.05) is 30.3 Å². The van der Waals surface area contributed by atoms with Crippen molar-refractivity contribution in [2.45, 2.75) is 6.23 Å². The molecular formula is C11H8ClNO. The highest BCUT2D eigenvalue weighted by Crippen LogP contribution is 2.29. The first kappa shape index (κ1) is 8.06. The van der Waals surface area contributed by atoms with E-state index in [1.165, 1.54) is 0 Å². The van der Waals surface area contributed by atoms with Gasteiger partial charge in [-0.2, -0.15) is 0 Å². The van der Waals surface area contributed by atoms with E-state index in [9.17, 15) is 0 Å². The van der Waals surface area contributed by atoms with Crippen LogP contribution in [0.25, 0.3) is 5.03 Å². The van der Waals surface area contributed by atoms with Gasteiger partial charge in [0.15, 0.2) is 0 Å². The molecule has 0 N–H and O–H groups in total. The smallest absolute Gasteiger partial charge is 0.200 e. The van der Waals surface area contributed by atoms with Gasteiger partial charge in [-0.15, -0.1) is 0 Å². The number of halogens is 1. The summed E-state index contributed by atoms with van der Waals surface area (Å²) in [6, 6.07) is 7.87. The van der Waals surface area contributed by atoms with Crippen molar-refractivity contribution in [2.24, 2.45) is 10.9 Å². The zero-order valence-corrected chi connectivity index (χ0v) is 8.11. The maximum Gasteiger partial charge on any atom is 0.200 e. The number of hydrogen-bond acceptors (Lipinski definition) is 2. The summed E-state index contributed by atoms with van der Waals surface area (Å²) in [6.45, 7) is 0. The Bertz CT molecular complexity index is 520. The summed E-state index contributed by atoms with van der Waals surface area (Å²) in [6.07, 6.45) is 3.47. The van der Waals surface area contributed by atoms with Crippen molar-refractivity contribution in [3.05, 3.63) is 47.2 Å². The maximum atomic E-state index is 6.27. The van der Waals surface area contributed by atoms with Crippen LogP contribution in [-0.4, -0.2) is 6.23 Å². The van der Waals surface area contributed by atoms with E-state index < -0.39 is 0 Å². The van der Waals surface area contributed by atoms with Crippen LogP contribution >= 0.6 is 11.6 Å². The Morgan fingerprint density at radius 1 is 1.29 bits per heavy atom. The van der Waals surface area contributed by atoms with Crippen LogP contribution in [0.3, 0.4) is 0 Å². The van der Waals surface area contributed by atoms with Gasteiger partial charge in [-0.05, 0) is 12.1 Å². The van der Waals surface area contributed by atoms with Gasteiger partial charge in [0.05, 0.1) is 17.5 Å². The SMILES string of the molecule is ClC1=c2ccccc2=NC2OC=CC12. The average molecular weight is 206 g/mol. The number of ether oxygens (including phenoxy) is 1. The Labute approximate surface area is 86.2 Å². The molecule has 0 amide bonds. The minimum atomic E-state index is -0.155. The highest BCUT2D eigenvalue weighted by atomic mass is 35.5. The lowest BCUT2D eigenvalue weighted by atomic mass is 10.0. The molecule has 2 heterocycles. The lowest BCUT2D eigenvalue weighted by molar-refractivity contribution is 0.155. The molecule has 0 radical (unpaired) electrons. The van der Waals surface area contributed by atoms with Gasteiger partial charge in [0.2, 0.25) is 6.23 Å². The second kappa shape index (κ2) is 2.85. The number of para-hydroxylation sites is 1. The summed E-state index contributed by atoms with van der Waals surface area (Å²) in [7, 11) is 0. The molecule has 0 saturated carbocycles. The molecule has 0 bridgehead atoms. The first-order valence-electron chi connectivity index (χ1n) is 4.51. The molecule has 70 valence electrons. The van der Waals surface area contributed by atoms with Crippen LogP contribution in [0.4, 0.5) is 0 Å². The molecule has 2 aliphatic rings. The quantitative estimate of drug-likeness (QED) is 0.623. The van der Waals surface area contributed by atoms with Gasteiger partial charge < -0.3 is 4.74 Å². The molecule has 1 aromatic carbocycles. The minimum Gasteiger partial charge on any atom is -0.476 e. The monoisotopic (exact) mass is 205 g/mol. The van der Waals surface area contributed by atoms with Crippen LogP contribution in [0.15, 0.2) is 41.6 Å². The van der Waals surface area contributed by atoms with Gasteiger partial charge in [-0.25, -0.2) is 4.99 Å². The molecule has 0 aromatic heterocycles. The molecule has 3 rings (SSSR count). The summed E-state index contributed by atoms with van der Waals surface area (Å²) in [5.74, 6) is 0.103. The fourth-order valence-electron chi connectivity index (χ4n) is 1.82. The number of rotatable bonds is 0. The average Bonchev–Trinajstić information content (AvgIpc) is 2.66. The van der Waals surface area contributed by atoms with Crippen molar-refractivity contribution in [3.63, 3.8) is 0 Å². The Hall–Kier alpha value is -1.28. The zero-order valence-electron chi connectivity index (χ0n) is 7.35. The van der Waals surface area contributed by atoms with Gasteiger partial charge in [0.1, 0.15) is 0 Å². The van der Waals surface area contributed by atoms with E-state index in [0.29, 0.717) is 0 Å². The number of nitrogens with zero attached hydrogens (tertiary/aromatic N) is 1. The van der Waals surface area contributed by atoms with Crippen LogP contribution < -0.4 is 10.6 Å². The highest BCUT2D eigenvalue weighted by molar-refractivity contribution is 6.45. The Kier molecular flexibility index (Phi) is 1.64. The van der Waals surface area contributed by atoms with Crippen molar-refractivity contribution in [1.29, 1.82) is 0 Å². The third kappa shape index (κ3) is 1.01. The Morgan fingerprint density at radius 3 is 3.07 bits per heavy atom. The van der Waals surface area contributed by atoms with Crippen molar-refractivity contribution in [1.82, 2.24) is 0 Å². The molecular weight excluding hydrogens is 198 g/mol. The van der Waals surface area contributed by atoms with E-state index in [2.05, 4.69) is 4.99 Å². The molecule has 2 nitrogen and oxygen atoms in total. The second-order valence-electron chi connectivity index (χ2n) is 3.38. The van der Waals surface area contributed by atoms with E-state index in [1.54, 1.807) is 6.26 Å². The van der Waals surface area contributed by atoms with Crippen molar-refractivity contribution in [3.8, 4) is 0 Å². The third-order valence-electron chi connectivity index (χ3n) is 2.53. The molecule has 2 atom stereocenters. The molecule has 1 aromatic rings. The molecule has 2 aliphatic heterocycles. The van der Waals surface area contributed by atoms with Crippen molar-refractivity contribution in [2.75, 3.05) is 0 Å². The maximum absolute atomic E-state index is 6.27. The van der Waals surface area contributed by atoms with E-state index in [4.69, 9.17) is 16.3 Å². The topological polar surface area (TPSA) is 21.6 Å². The molecule has 0 spiro atoms. The number of benzene rings is 1. The highest BCUT2D eigenvalue weighted by Gasteiger charge is 2.29. The second-order valence-corrected chi connectivity index (χ2v) is 3.78. The molecule has 0 aliphatic carbocycles. The lowest BCUT2D eigenvalue weighted by Crippen LogP contribution is -2.36. The molecule has 2 unspecified atom stereocenters.